The Labute approximate surface area is 216 Å². The predicted molar refractivity (Wildman–Crippen MR) is 140 cm³/mol. The zero-order chi connectivity index (χ0) is 25.6. The van der Waals surface area contributed by atoms with Crippen LogP contribution in [-0.4, -0.2) is 60.2 Å². The van der Waals surface area contributed by atoms with Crippen LogP contribution in [0.3, 0.4) is 0 Å². The van der Waals surface area contributed by atoms with E-state index in [0.717, 1.165) is 62.7 Å². The van der Waals surface area contributed by atoms with E-state index in [1.165, 1.54) is 12.8 Å². The van der Waals surface area contributed by atoms with Crippen LogP contribution in [-0.2, 0) is 4.79 Å². The molecule has 0 unspecified atom stereocenters. The number of aliphatic carboxylic acids is 1. The summed E-state index contributed by atoms with van der Waals surface area (Å²) < 4.78 is 2.07. The molecule has 1 saturated heterocycles. The van der Waals surface area contributed by atoms with Gasteiger partial charge in [0.2, 0.25) is 0 Å². The average Bonchev–Trinajstić information content (AvgIpc) is 3.38. The third-order valence-corrected chi connectivity index (χ3v) is 8.94. The normalized spacial score (nSPS) is 24.1. The van der Waals surface area contributed by atoms with Gasteiger partial charge in [0.15, 0.2) is 5.82 Å². The summed E-state index contributed by atoms with van der Waals surface area (Å²) in [4.78, 5) is 13.9. The van der Waals surface area contributed by atoms with E-state index >= 15 is 0 Å². The zero-order valence-electron chi connectivity index (χ0n) is 21.0. The highest BCUT2D eigenvalue weighted by molar-refractivity contribution is 5.78. The van der Waals surface area contributed by atoms with Crippen LogP contribution in [0.5, 0.6) is 5.75 Å². The second-order valence-electron chi connectivity index (χ2n) is 11.2. The molecule has 2 aliphatic carbocycles. The lowest BCUT2D eigenvalue weighted by molar-refractivity contribution is -0.144. The van der Waals surface area contributed by atoms with E-state index in [1.54, 1.807) is 12.1 Å². The summed E-state index contributed by atoms with van der Waals surface area (Å²) in [6, 6.07) is 9.86. The monoisotopic (exact) mass is 502 g/mol. The molecule has 0 bridgehead atoms. The highest BCUT2D eigenvalue weighted by Gasteiger charge is 2.48. The molecule has 3 fully saturated rings. The summed E-state index contributed by atoms with van der Waals surface area (Å²) >= 11 is 0. The van der Waals surface area contributed by atoms with Gasteiger partial charge in [0.1, 0.15) is 5.75 Å². The van der Waals surface area contributed by atoms with Crippen molar-refractivity contribution >= 4 is 11.8 Å². The van der Waals surface area contributed by atoms with Gasteiger partial charge in [-0.1, -0.05) is 12.1 Å². The molecule has 9 heteroatoms. The van der Waals surface area contributed by atoms with Gasteiger partial charge in [-0.2, -0.15) is 5.10 Å². The number of nitrogen functional groups attached to an aromatic ring is 1. The van der Waals surface area contributed by atoms with Gasteiger partial charge in [-0.05, 0) is 75.0 Å². The van der Waals surface area contributed by atoms with Crippen molar-refractivity contribution in [2.75, 3.05) is 18.8 Å². The zero-order valence-corrected chi connectivity index (χ0v) is 21.0. The molecule has 0 radical (unpaired) electrons. The quantitative estimate of drug-likeness (QED) is 0.469. The molecule has 37 heavy (non-hydrogen) atoms. The van der Waals surface area contributed by atoms with Crippen molar-refractivity contribution in [2.45, 2.75) is 63.5 Å². The summed E-state index contributed by atoms with van der Waals surface area (Å²) in [7, 11) is 0. The minimum Gasteiger partial charge on any atom is -0.507 e. The summed E-state index contributed by atoms with van der Waals surface area (Å²) in [6.07, 6.45) is 12.2. The average molecular weight is 503 g/mol. The summed E-state index contributed by atoms with van der Waals surface area (Å²) in [5, 5.41) is 32.5. The second-order valence-corrected chi connectivity index (χ2v) is 11.2. The Morgan fingerprint density at radius 1 is 0.973 bits per heavy atom. The van der Waals surface area contributed by atoms with Crippen LogP contribution < -0.4 is 5.73 Å². The van der Waals surface area contributed by atoms with Crippen LogP contribution in [0.2, 0.25) is 0 Å². The number of aromatic hydroxyl groups is 1. The molecule has 9 nitrogen and oxygen atoms in total. The number of likely N-dealkylation sites (tertiary alicyclic amines) is 1. The Morgan fingerprint density at radius 3 is 2.41 bits per heavy atom. The smallest absolute Gasteiger partial charge is 0.306 e. The van der Waals surface area contributed by atoms with Crippen LogP contribution in [0.1, 0.15) is 57.4 Å². The molecule has 0 amide bonds. The van der Waals surface area contributed by atoms with E-state index in [4.69, 9.17) is 5.73 Å². The third-order valence-electron chi connectivity index (χ3n) is 8.94. The molecular weight excluding hydrogens is 468 g/mol. The second kappa shape index (κ2) is 9.45. The van der Waals surface area contributed by atoms with Crippen molar-refractivity contribution in [2.24, 2.45) is 11.3 Å². The summed E-state index contributed by atoms with van der Waals surface area (Å²) in [5.74, 6) is -0.274. The highest BCUT2D eigenvalue weighted by atomic mass is 16.4. The van der Waals surface area contributed by atoms with Gasteiger partial charge in [-0.15, -0.1) is 10.2 Å². The molecule has 1 spiro atoms. The Bertz CT molecular complexity index is 1280. The number of hydrogen-bond acceptors (Lipinski definition) is 7. The summed E-state index contributed by atoms with van der Waals surface area (Å²) in [5.41, 5.74) is 9.44. The maximum Gasteiger partial charge on any atom is 0.306 e. The number of carboxylic acid groups (broad SMARTS) is 1. The van der Waals surface area contributed by atoms with E-state index in [1.807, 2.05) is 24.4 Å². The number of carbonyl (C=O) groups is 1. The van der Waals surface area contributed by atoms with E-state index < -0.39 is 5.97 Å². The first-order valence-electron chi connectivity index (χ1n) is 13.3. The fourth-order valence-electron chi connectivity index (χ4n) is 6.69. The lowest BCUT2D eigenvalue weighted by Gasteiger charge is -2.57. The molecule has 1 aliphatic heterocycles. The van der Waals surface area contributed by atoms with Gasteiger partial charge in [0, 0.05) is 42.0 Å². The number of nitrogens with two attached hydrogens (primary N) is 1. The highest BCUT2D eigenvalue weighted by Crippen LogP contribution is 2.49. The Kier molecular flexibility index (Phi) is 6.10. The Hall–Kier alpha value is -3.46. The van der Waals surface area contributed by atoms with Crippen molar-refractivity contribution in [1.82, 2.24) is 24.9 Å². The van der Waals surface area contributed by atoms with E-state index in [0.29, 0.717) is 34.6 Å². The van der Waals surface area contributed by atoms with Crippen LogP contribution in [0.15, 0.2) is 42.7 Å². The van der Waals surface area contributed by atoms with Gasteiger partial charge >= 0.3 is 5.97 Å². The number of hydrogen-bond donors (Lipinski definition) is 3. The number of nitrogens with zero attached hydrogens (tertiary/aromatic N) is 5. The van der Waals surface area contributed by atoms with E-state index in [9.17, 15) is 15.0 Å². The molecule has 6 rings (SSSR count). The molecule has 194 valence electrons. The first kappa shape index (κ1) is 23.9. The van der Waals surface area contributed by atoms with Crippen molar-refractivity contribution < 1.29 is 15.0 Å². The standard InChI is InChI=1S/C28H34N6O3/c29-26-23(13-24(31-32-26)22-3-1-2-4-25(22)35)19-14-30-34(15-19)21-9-11-28(12-10-21)16-33(17-28)20-7-5-18(6-8-20)27(36)37/h1-4,13-15,18,20-21,35H,5-12,16-17H2,(H2,29,32)(H,36,37). The fraction of sp³-hybridized carbons (Fsp3) is 0.500. The molecule has 3 aliphatic rings. The number of benzene rings is 1. The minimum atomic E-state index is -0.627. The number of anilines is 1. The molecule has 2 aromatic heterocycles. The van der Waals surface area contributed by atoms with Gasteiger partial charge < -0.3 is 15.9 Å². The van der Waals surface area contributed by atoms with Gasteiger partial charge in [0.25, 0.3) is 0 Å². The minimum absolute atomic E-state index is 0.142. The molecule has 1 aromatic carbocycles. The van der Waals surface area contributed by atoms with E-state index in [2.05, 4.69) is 31.1 Å². The molecule has 0 atom stereocenters. The van der Waals surface area contributed by atoms with Crippen molar-refractivity contribution in [1.29, 1.82) is 0 Å². The number of rotatable bonds is 5. The number of carboxylic acids is 1. The lowest BCUT2D eigenvalue weighted by Crippen LogP contribution is -2.61. The van der Waals surface area contributed by atoms with Crippen LogP contribution in [0.25, 0.3) is 22.4 Å². The Morgan fingerprint density at radius 2 is 1.70 bits per heavy atom. The molecule has 2 saturated carbocycles. The molecular formula is C28H34N6O3. The third kappa shape index (κ3) is 4.56. The topological polar surface area (TPSA) is 130 Å². The van der Waals surface area contributed by atoms with Crippen molar-refractivity contribution in [3.8, 4) is 28.1 Å². The fourth-order valence-corrected chi connectivity index (χ4v) is 6.69. The number of phenolic OH excluding ortho intramolecular Hbond substituents is 1. The van der Waals surface area contributed by atoms with Crippen LogP contribution in [0.4, 0.5) is 5.82 Å². The first-order chi connectivity index (χ1) is 17.9. The van der Waals surface area contributed by atoms with Crippen LogP contribution in [0, 0.1) is 11.3 Å². The van der Waals surface area contributed by atoms with Gasteiger partial charge in [-0.3, -0.25) is 14.4 Å². The maximum absolute atomic E-state index is 11.2. The van der Waals surface area contributed by atoms with Gasteiger partial charge in [0.05, 0.1) is 23.9 Å². The largest absolute Gasteiger partial charge is 0.507 e. The molecule has 3 heterocycles. The molecule has 3 aromatic rings. The summed E-state index contributed by atoms with van der Waals surface area (Å²) in [6.45, 7) is 2.31. The molecule has 4 N–H and O–H groups in total. The number of phenols is 1. The van der Waals surface area contributed by atoms with Gasteiger partial charge in [-0.25, -0.2) is 0 Å². The predicted octanol–water partition coefficient (Wildman–Crippen LogP) is 4.36. The van der Waals surface area contributed by atoms with Crippen molar-refractivity contribution in [3.63, 3.8) is 0 Å². The Balaban J connectivity index is 1.08. The number of para-hydroxylation sites is 1. The van der Waals surface area contributed by atoms with E-state index in [-0.39, 0.29) is 11.7 Å². The first-order valence-corrected chi connectivity index (χ1v) is 13.3. The lowest BCUT2D eigenvalue weighted by atomic mass is 9.66. The maximum atomic E-state index is 11.2. The number of aromatic nitrogens is 4. The van der Waals surface area contributed by atoms with Crippen LogP contribution >= 0.6 is 0 Å². The SMILES string of the molecule is Nc1nnc(-c2ccccc2O)cc1-c1cnn(C2CCC3(CC2)CN(C2CCC(C(=O)O)CC2)C3)c1. The van der Waals surface area contributed by atoms with Crippen molar-refractivity contribution in [3.05, 3.63) is 42.7 Å².